The first-order chi connectivity index (χ1) is 12.8. The SMILES string of the molecule is CN=C(NCCCc1cccc(OC)c1)N1CCC(c2ccccc2)C1.I. The molecule has 0 saturated carbocycles. The number of guanidine groups is 1. The summed E-state index contributed by atoms with van der Waals surface area (Å²) in [4.78, 5) is 6.86. The highest BCUT2D eigenvalue weighted by atomic mass is 127. The van der Waals surface area contributed by atoms with Crippen LogP contribution < -0.4 is 10.1 Å². The highest BCUT2D eigenvalue weighted by Crippen LogP contribution is 2.26. The van der Waals surface area contributed by atoms with E-state index in [1.165, 1.54) is 17.5 Å². The summed E-state index contributed by atoms with van der Waals surface area (Å²) in [7, 11) is 3.59. The molecule has 1 saturated heterocycles. The van der Waals surface area contributed by atoms with Crippen molar-refractivity contribution < 1.29 is 4.74 Å². The van der Waals surface area contributed by atoms with E-state index in [1.54, 1.807) is 7.11 Å². The number of benzene rings is 2. The Morgan fingerprint density at radius 2 is 2.00 bits per heavy atom. The monoisotopic (exact) mass is 479 g/mol. The number of aryl methyl sites for hydroxylation is 1. The van der Waals surface area contributed by atoms with Crippen molar-refractivity contribution in [2.75, 3.05) is 33.8 Å². The highest BCUT2D eigenvalue weighted by molar-refractivity contribution is 14.0. The molecule has 1 fully saturated rings. The Hall–Kier alpha value is -1.76. The van der Waals surface area contributed by atoms with E-state index >= 15 is 0 Å². The van der Waals surface area contributed by atoms with Crippen LogP contribution in [0.15, 0.2) is 59.6 Å². The number of nitrogens with one attached hydrogen (secondary N) is 1. The van der Waals surface area contributed by atoms with Crippen molar-refractivity contribution in [1.82, 2.24) is 10.2 Å². The van der Waals surface area contributed by atoms with E-state index in [0.717, 1.165) is 44.2 Å². The standard InChI is InChI=1S/C22H29N3O.HI/c1-23-22(24-14-7-9-18-8-6-12-21(16-18)26-2)25-15-13-20(17-25)19-10-4-3-5-11-19;/h3-6,8,10-12,16,20H,7,9,13-15,17H2,1-2H3,(H,23,24);1H. The van der Waals surface area contributed by atoms with Crippen molar-refractivity contribution in [3.63, 3.8) is 0 Å². The summed E-state index contributed by atoms with van der Waals surface area (Å²) >= 11 is 0. The van der Waals surface area contributed by atoms with Gasteiger partial charge in [0.05, 0.1) is 7.11 Å². The average Bonchev–Trinajstić information content (AvgIpc) is 3.19. The molecule has 0 radical (unpaired) electrons. The van der Waals surface area contributed by atoms with Gasteiger partial charge >= 0.3 is 0 Å². The molecule has 1 aliphatic heterocycles. The largest absolute Gasteiger partial charge is 0.497 e. The molecule has 0 bridgehead atoms. The zero-order valence-electron chi connectivity index (χ0n) is 16.2. The lowest BCUT2D eigenvalue weighted by Crippen LogP contribution is -2.40. The second-order valence-corrected chi connectivity index (χ2v) is 6.77. The van der Waals surface area contributed by atoms with Gasteiger partial charge in [0.1, 0.15) is 5.75 Å². The molecule has 1 aliphatic rings. The molecule has 0 aliphatic carbocycles. The Labute approximate surface area is 180 Å². The van der Waals surface area contributed by atoms with Crippen molar-refractivity contribution in [3.8, 4) is 5.75 Å². The zero-order chi connectivity index (χ0) is 18.2. The summed E-state index contributed by atoms with van der Waals surface area (Å²) in [5, 5.41) is 3.53. The lowest BCUT2D eigenvalue weighted by molar-refractivity contribution is 0.414. The van der Waals surface area contributed by atoms with Crippen LogP contribution in [0.2, 0.25) is 0 Å². The molecule has 5 heteroatoms. The number of ether oxygens (including phenoxy) is 1. The Morgan fingerprint density at radius 3 is 2.74 bits per heavy atom. The maximum atomic E-state index is 5.29. The van der Waals surface area contributed by atoms with E-state index in [2.05, 4.69) is 63.7 Å². The van der Waals surface area contributed by atoms with Crippen LogP contribution >= 0.6 is 24.0 Å². The topological polar surface area (TPSA) is 36.9 Å². The second-order valence-electron chi connectivity index (χ2n) is 6.77. The number of nitrogens with zero attached hydrogens (tertiary/aromatic N) is 2. The molecular formula is C22H30IN3O. The molecule has 4 nitrogen and oxygen atoms in total. The molecule has 0 aromatic heterocycles. The van der Waals surface area contributed by atoms with Gasteiger partial charge in [-0.2, -0.15) is 0 Å². The number of halogens is 1. The summed E-state index contributed by atoms with van der Waals surface area (Å²) in [6, 6.07) is 19.1. The van der Waals surface area contributed by atoms with Gasteiger partial charge < -0.3 is 15.0 Å². The van der Waals surface area contributed by atoms with E-state index in [0.29, 0.717) is 5.92 Å². The van der Waals surface area contributed by atoms with Gasteiger partial charge in [-0.05, 0) is 42.5 Å². The lowest BCUT2D eigenvalue weighted by atomic mass is 9.99. The van der Waals surface area contributed by atoms with E-state index in [-0.39, 0.29) is 24.0 Å². The third-order valence-electron chi connectivity index (χ3n) is 5.03. The first-order valence-corrected chi connectivity index (χ1v) is 9.43. The first-order valence-electron chi connectivity index (χ1n) is 9.43. The Morgan fingerprint density at radius 1 is 1.19 bits per heavy atom. The van der Waals surface area contributed by atoms with Crippen LogP contribution in [0.25, 0.3) is 0 Å². The Balaban J connectivity index is 0.00000261. The maximum absolute atomic E-state index is 5.29. The van der Waals surface area contributed by atoms with Gasteiger partial charge in [-0.1, -0.05) is 42.5 Å². The van der Waals surface area contributed by atoms with Crippen LogP contribution in [-0.4, -0.2) is 44.7 Å². The molecule has 2 aromatic rings. The molecule has 2 aromatic carbocycles. The third kappa shape index (κ3) is 6.13. The van der Waals surface area contributed by atoms with Crippen LogP contribution in [0.1, 0.15) is 29.9 Å². The predicted octanol–water partition coefficient (Wildman–Crippen LogP) is 4.31. The minimum absolute atomic E-state index is 0. The molecular weight excluding hydrogens is 449 g/mol. The molecule has 146 valence electrons. The van der Waals surface area contributed by atoms with Crippen molar-refractivity contribution in [3.05, 3.63) is 65.7 Å². The number of rotatable bonds is 6. The van der Waals surface area contributed by atoms with E-state index in [1.807, 2.05) is 13.1 Å². The predicted molar refractivity (Wildman–Crippen MR) is 123 cm³/mol. The minimum atomic E-state index is 0. The molecule has 0 amide bonds. The molecule has 1 atom stereocenters. The maximum Gasteiger partial charge on any atom is 0.193 e. The first kappa shape index (κ1) is 21.5. The number of methoxy groups -OCH3 is 1. The number of hydrogen-bond donors (Lipinski definition) is 1. The fourth-order valence-corrected chi connectivity index (χ4v) is 3.60. The normalized spacial score (nSPS) is 16.7. The molecule has 27 heavy (non-hydrogen) atoms. The van der Waals surface area contributed by atoms with Gasteiger partial charge in [0.25, 0.3) is 0 Å². The van der Waals surface area contributed by atoms with Crippen molar-refractivity contribution >= 4 is 29.9 Å². The van der Waals surface area contributed by atoms with Crippen LogP contribution in [0.3, 0.4) is 0 Å². The van der Waals surface area contributed by atoms with Crippen molar-refractivity contribution in [1.29, 1.82) is 0 Å². The number of aliphatic imine (C=N–C) groups is 1. The molecule has 3 rings (SSSR count). The summed E-state index contributed by atoms with van der Waals surface area (Å²) < 4.78 is 5.29. The smallest absolute Gasteiger partial charge is 0.193 e. The lowest BCUT2D eigenvalue weighted by Gasteiger charge is -2.22. The van der Waals surface area contributed by atoms with Crippen molar-refractivity contribution in [2.24, 2.45) is 4.99 Å². The number of likely N-dealkylation sites (tertiary alicyclic amines) is 1. The van der Waals surface area contributed by atoms with E-state index in [9.17, 15) is 0 Å². The van der Waals surface area contributed by atoms with Crippen LogP contribution in [-0.2, 0) is 6.42 Å². The van der Waals surface area contributed by atoms with Crippen molar-refractivity contribution in [2.45, 2.75) is 25.2 Å². The van der Waals surface area contributed by atoms with Gasteiger partial charge in [0.15, 0.2) is 5.96 Å². The van der Waals surface area contributed by atoms with Gasteiger partial charge in [-0.15, -0.1) is 24.0 Å². The fourth-order valence-electron chi connectivity index (χ4n) is 3.60. The quantitative estimate of drug-likeness (QED) is 0.291. The molecule has 1 unspecified atom stereocenters. The summed E-state index contributed by atoms with van der Waals surface area (Å²) in [5.74, 6) is 2.55. The summed E-state index contributed by atoms with van der Waals surface area (Å²) in [6.07, 6.45) is 3.30. The van der Waals surface area contributed by atoms with E-state index in [4.69, 9.17) is 4.74 Å². The Bertz CT molecular complexity index is 721. The minimum Gasteiger partial charge on any atom is -0.497 e. The highest BCUT2D eigenvalue weighted by Gasteiger charge is 2.25. The van der Waals surface area contributed by atoms with E-state index < -0.39 is 0 Å². The summed E-state index contributed by atoms with van der Waals surface area (Å²) in [6.45, 7) is 3.03. The third-order valence-corrected chi connectivity index (χ3v) is 5.03. The number of hydrogen-bond acceptors (Lipinski definition) is 2. The van der Waals surface area contributed by atoms with Crippen LogP contribution in [0.5, 0.6) is 5.75 Å². The molecule has 0 spiro atoms. The van der Waals surface area contributed by atoms with Crippen LogP contribution in [0, 0.1) is 0 Å². The van der Waals surface area contributed by atoms with Gasteiger partial charge in [-0.25, -0.2) is 0 Å². The molecule has 1 heterocycles. The average molecular weight is 479 g/mol. The van der Waals surface area contributed by atoms with Gasteiger partial charge in [0.2, 0.25) is 0 Å². The van der Waals surface area contributed by atoms with Crippen LogP contribution in [0.4, 0.5) is 0 Å². The molecule has 1 N–H and O–H groups in total. The van der Waals surface area contributed by atoms with Gasteiger partial charge in [-0.3, -0.25) is 4.99 Å². The second kappa shape index (κ2) is 11.2. The Kier molecular flexibility index (Phi) is 8.91. The summed E-state index contributed by atoms with van der Waals surface area (Å²) in [5.41, 5.74) is 2.75. The van der Waals surface area contributed by atoms with Gasteiger partial charge in [0, 0.05) is 32.6 Å². The fraction of sp³-hybridized carbons (Fsp3) is 0.409. The zero-order valence-corrected chi connectivity index (χ0v) is 18.6.